The zero-order valence-electron chi connectivity index (χ0n) is 7.97. The van der Waals surface area contributed by atoms with Crippen LogP contribution in [-0.4, -0.2) is 37.9 Å². The van der Waals surface area contributed by atoms with Gasteiger partial charge >= 0.3 is 88.9 Å². The van der Waals surface area contributed by atoms with Crippen LogP contribution < -0.4 is 0 Å². The number of carbonyl (C=O) groups excluding carboxylic acids is 2. The molecule has 0 rings (SSSR count). The van der Waals surface area contributed by atoms with E-state index in [0.717, 1.165) is 6.08 Å². The van der Waals surface area contributed by atoms with Crippen LogP contribution >= 0.6 is 0 Å². The third-order valence-corrected chi connectivity index (χ3v) is 1.77. The van der Waals surface area contributed by atoms with Crippen molar-refractivity contribution in [2.75, 3.05) is 21.3 Å². The van der Waals surface area contributed by atoms with E-state index in [1.807, 2.05) is 0 Å². The van der Waals surface area contributed by atoms with Gasteiger partial charge in [0.1, 0.15) is 0 Å². The van der Waals surface area contributed by atoms with Crippen LogP contribution in [0, 0.1) is 0 Å². The van der Waals surface area contributed by atoms with E-state index in [0.29, 0.717) is 0 Å². The second kappa shape index (κ2) is 6.48. The normalized spacial score (nSPS) is 10.7. The molecule has 0 spiro atoms. The van der Waals surface area contributed by atoms with Gasteiger partial charge in [0.2, 0.25) is 0 Å². The first-order chi connectivity index (χ1) is 6.56. The Bertz CT molecular complexity index is 263. The molecule has 6 heteroatoms. The van der Waals surface area contributed by atoms with Gasteiger partial charge in [-0.1, -0.05) is 0 Å². The molecule has 14 heavy (non-hydrogen) atoms. The van der Waals surface area contributed by atoms with Crippen LogP contribution in [0.3, 0.4) is 0 Å². The summed E-state index contributed by atoms with van der Waals surface area (Å²) in [7, 11) is 3.72. The van der Waals surface area contributed by atoms with E-state index < -0.39 is 11.9 Å². The number of methoxy groups -OCH3 is 3. The predicted octanol–water partition coefficient (Wildman–Crippen LogP) is -0.418. The Kier molecular flexibility index (Phi) is 6.03. The standard InChI is InChI=1S/C8H10O5.Fe/c1-11-5-6(8(10)13-3)4-7(9)12-2;/h4H,1-3H3;/b6-4+;. The molecule has 0 saturated carbocycles. The fourth-order valence-electron chi connectivity index (χ4n) is 0.588. The van der Waals surface area contributed by atoms with E-state index in [9.17, 15) is 9.59 Å². The molecule has 0 radical (unpaired) electrons. The molecule has 0 amide bonds. The van der Waals surface area contributed by atoms with Crippen LogP contribution in [0.25, 0.3) is 0 Å². The number of ether oxygens (including phenoxy) is 3. The minimum atomic E-state index is -0.706. The molecule has 0 aliphatic rings. The fraction of sp³-hybridized carbons (Fsp3) is 0.375. The van der Waals surface area contributed by atoms with Crippen LogP contribution in [0.15, 0.2) is 11.6 Å². The van der Waals surface area contributed by atoms with E-state index in [-0.39, 0.29) is 10.2 Å². The molecular weight excluding hydrogens is 232 g/mol. The summed E-state index contributed by atoms with van der Waals surface area (Å²) >= 11 is 3.43. The monoisotopic (exact) mass is 242 g/mol. The van der Waals surface area contributed by atoms with Gasteiger partial charge in [-0.15, -0.1) is 0 Å². The molecule has 0 aliphatic heterocycles. The van der Waals surface area contributed by atoms with E-state index in [1.165, 1.54) is 21.3 Å². The summed E-state index contributed by atoms with van der Waals surface area (Å²) in [6.45, 7) is 0. The molecule has 0 unspecified atom stereocenters. The van der Waals surface area contributed by atoms with Crippen molar-refractivity contribution >= 4 is 16.5 Å². The molecule has 0 fully saturated rings. The molecule has 5 nitrogen and oxygen atoms in total. The quantitative estimate of drug-likeness (QED) is 0.380. The summed E-state index contributed by atoms with van der Waals surface area (Å²) in [5.74, 6) is -1.38. The van der Waals surface area contributed by atoms with E-state index >= 15 is 0 Å². The van der Waals surface area contributed by atoms with Crippen LogP contribution in [-0.2, 0) is 39.4 Å². The second-order valence-corrected chi connectivity index (χ2v) is 2.54. The maximum atomic E-state index is 11.1. The molecule has 0 bridgehead atoms. The fourth-order valence-corrected chi connectivity index (χ4v) is 0.781. The summed E-state index contributed by atoms with van der Waals surface area (Å²) in [5, 5.41) is 0. The molecule has 0 heterocycles. The van der Waals surface area contributed by atoms with Crippen LogP contribution in [0.2, 0.25) is 0 Å². The van der Waals surface area contributed by atoms with Crippen LogP contribution in [0.1, 0.15) is 0 Å². The Hall–Kier alpha value is -0.971. The number of carbonyl (C=O) groups is 2. The zero-order valence-corrected chi connectivity index (χ0v) is 9.08. The first-order valence-electron chi connectivity index (χ1n) is 3.50. The average Bonchev–Trinajstić information content (AvgIpc) is 2.23. The van der Waals surface area contributed by atoms with Crippen molar-refractivity contribution < 1.29 is 39.4 Å². The molecule has 0 aliphatic carbocycles. The molecule has 0 aromatic heterocycles. The first-order valence-corrected chi connectivity index (χ1v) is 4.05. The van der Waals surface area contributed by atoms with Crippen molar-refractivity contribution in [3.05, 3.63) is 11.6 Å². The van der Waals surface area contributed by atoms with Gasteiger partial charge in [0.05, 0.1) is 0 Å². The van der Waals surface area contributed by atoms with Crippen molar-refractivity contribution in [1.82, 2.24) is 0 Å². The summed E-state index contributed by atoms with van der Waals surface area (Å²) in [6.07, 6.45) is 0.956. The molecule has 0 aromatic rings. The van der Waals surface area contributed by atoms with Gasteiger partial charge in [-0.05, 0) is 0 Å². The summed E-state index contributed by atoms with van der Waals surface area (Å²) < 4.78 is 13.5. The van der Waals surface area contributed by atoms with Gasteiger partial charge in [-0.3, -0.25) is 0 Å². The summed E-state index contributed by atoms with van der Waals surface area (Å²) in [4.78, 5) is 22.0. The average molecular weight is 242 g/mol. The number of hydrogen-bond acceptors (Lipinski definition) is 5. The van der Waals surface area contributed by atoms with Gasteiger partial charge in [-0.25, -0.2) is 0 Å². The van der Waals surface area contributed by atoms with E-state index in [2.05, 4.69) is 25.0 Å². The van der Waals surface area contributed by atoms with Gasteiger partial charge in [0.15, 0.2) is 0 Å². The third kappa shape index (κ3) is 3.83. The maximum absolute atomic E-state index is 11.1. The topological polar surface area (TPSA) is 61.8 Å². The van der Waals surface area contributed by atoms with Crippen molar-refractivity contribution in [2.24, 2.45) is 0 Å². The zero-order chi connectivity index (χ0) is 11.1. The van der Waals surface area contributed by atoms with Crippen LogP contribution in [0.4, 0.5) is 0 Å². The molecular formula is C8H10FeO5. The molecule has 80 valence electrons. The second-order valence-electron chi connectivity index (χ2n) is 2.04. The Morgan fingerprint density at radius 1 is 1.07 bits per heavy atom. The molecule has 0 saturated heterocycles. The number of hydrogen-bond donors (Lipinski definition) is 0. The van der Waals surface area contributed by atoms with E-state index in [1.54, 1.807) is 0 Å². The Morgan fingerprint density at radius 2 is 1.64 bits per heavy atom. The number of esters is 2. The SMILES string of the molecule is COC(=O)/C=C(/C(=O)OC)[C](=[Fe])OC. The van der Waals surface area contributed by atoms with Crippen LogP contribution in [0.5, 0.6) is 0 Å². The van der Waals surface area contributed by atoms with Crippen molar-refractivity contribution in [1.29, 1.82) is 0 Å². The summed E-state index contributed by atoms with van der Waals surface area (Å²) in [6, 6.07) is 0. The Balaban J connectivity index is 4.90. The molecule has 0 atom stereocenters. The molecule has 0 N–H and O–H groups in total. The Labute approximate surface area is 89.4 Å². The third-order valence-electron chi connectivity index (χ3n) is 1.25. The van der Waals surface area contributed by atoms with Gasteiger partial charge in [0.25, 0.3) is 0 Å². The van der Waals surface area contributed by atoms with E-state index in [4.69, 9.17) is 4.74 Å². The predicted molar refractivity (Wildman–Crippen MR) is 44.1 cm³/mol. The van der Waals surface area contributed by atoms with Gasteiger partial charge in [0, 0.05) is 0 Å². The van der Waals surface area contributed by atoms with Gasteiger partial charge in [-0.2, -0.15) is 0 Å². The first kappa shape index (κ1) is 13.0. The molecule has 0 aromatic carbocycles. The summed E-state index contributed by atoms with van der Waals surface area (Å²) in [5.41, 5.74) is -0.0677. The number of rotatable bonds is 4. The van der Waals surface area contributed by atoms with Gasteiger partial charge < -0.3 is 0 Å². The minimum absolute atomic E-state index is 0.0438. The van der Waals surface area contributed by atoms with Crippen molar-refractivity contribution in [2.45, 2.75) is 0 Å². The van der Waals surface area contributed by atoms with Crippen molar-refractivity contribution in [3.8, 4) is 0 Å². The van der Waals surface area contributed by atoms with Crippen molar-refractivity contribution in [3.63, 3.8) is 0 Å². The Morgan fingerprint density at radius 3 is 2.00 bits per heavy atom.